The van der Waals surface area contributed by atoms with Gasteiger partial charge in [0.2, 0.25) is 21.8 Å². The van der Waals surface area contributed by atoms with Crippen LogP contribution in [0, 0.1) is 0 Å². The Bertz CT molecular complexity index is 1110. The minimum absolute atomic E-state index is 0.0111. The van der Waals surface area contributed by atoms with Crippen LogP contribution < -0.4 is 10.0 Å². The third-order valence-corrected chi connectivity index (χ3v) is 7.76. The van der Waals surface area contributed by atoms with Crippen LogP contribution in [-0.4, -0.2) is 93.1 Å². The molecule has 0 radical (unpaired) electrons. The monoisotopic (exact) mass is 582 g/mol. The van der Waals surface area contributed by atoms with E-state index in [1.807, 2.05) is 20.8 Å². The fraction of sp³-hybridized carbons (Fsp3) is 0.630. The Hall–Kier alpha value is -3.19. The van der Waals surface area contributed by atoms with Crippen LogP contribution in [0.5, 0.6) is 0 Å². The molecule has 1 heterocycles. The van der Waals surface area contributed by atoms with Gasteiger partial charge in [-0.05, 0) is 59.1 Å². The number of piperidine rings is 1. The lowest BCUT2D eigenvalue weighted by molar-refractivity contribution is -0.145. The van der Waals surface area contributed by atoms with Gasteiger partial charge in [0.25, 0.3) is 0 Å². The summed E-state index contributed by atoms with van der Waals surface area (Å²) in [6.07, 6.45) is 1.37. The SMILES string of the molecule is CCOC(=O)[C@H](CNC(=O)CCCC(=O)N(C)C1CCN(C(=O)OC(C)(C)C)CC1)NS(=O)(=O)c1ccccc1. The zero-order valence-corrected chi connectivity index (χ0v) is 24.8. The van der Waals surface area contributed by atoms with E-state index in [-0.39, 0.29) is 55.4 Å². The highest BCUT2D eigenvalue weighted by atomic mass is 32.2. The Morgan fingerprint density at radius 2 is 1.70 bits per heavy atom. The maximum absolute atomic E-state index is 12.7. The fourth-order valence-electron chi connectivity index (χ4n) is 4.12. The number of carbonyl (C=O) groups is 4. The maximum Gasteiger partial charge on any atom is 0.410 e. The first-order chi connectivity index (χ1) is 18.7. The summed E-state index contributed by atoms with van der Waals surface area (Å²) in [6.45, 7) is 7.78. The molecule has 3 amide bonds. The van der Waals surface area contributed by atoms with Gasteiger partial charge in [-0.2, -0.15) is 4.72 Å². The van der Waals surface area contributed by atoms with E-state index in [1.54, 1.807) is 42.0 Å². The predicted octanol–water partition coefficient (Wildman–Crippen LogP) is 2.04. The molecule has 2 rings (SSSR count). The van der Waals surface area contributed by atoms with Crippen molar-refractivity contribution >= 4 is 33.9 Å². The quantitative estimate of drug-likeness (QED) is 0.355. The highest BCUT2D eigenvalue weighted by molar-refractivity contribution is 7.89. The predicted molar refractivity (Wildman–Crippen MR) is 148 cm³/mol. The molecule has 0 aliphatic carbocycles. The fourth-order valence-corrected chi connectivity index (χ4v) is 5.32. The number of benzene rings is 1. The second kappa shape index (κ2) is 15.0. The number of rotatable bonds is 12. The molecule has 40 heavy (non-hydrogen) atoms. The molecule has 1 fully saturated rings. The first kappa shape index (κ1) is 33.0. The first-order valence-electron chi connectivity index (χ1n) is 13.5. The van der Waals surface area contributed by atoms with Crippen LogP contribution in [0.25, 0.3) is 0 Å². The van der Waals surface area contributed by atoms with Crippen LogP contribution in [0.4, 0.5) is 4.79 Å². The number of sulfonamides is 1. The number of esters is 1. The number of hydrogen-bond acceptors (Lipinski definition) is 8. The number of nitrogens with zero attached hydrogens (tertiary/aromatic N) is 2. The number of amides is 3. The molecule has 2 N–H and O–H groups in total. The van der Waals surface area contributed by atoms with E-state index < -0.39 is 33.5 Å². The highest BCUT2D eigenvalue weighted by Crippen LogP contribution is 2.19. The smallest absolute Gasteiger partial charge is 0.410 e. The van der Waals surface area contributed by atoms with Crippen molar-refractivity contribution in [2.45, 2.75) is 82.4 Å². The van der Waals surface area contributed by atoms with Crippen LogP contribution in [0.1, 0.15) is 59.8 Å². The molecule has 1 atom stereocenters. The zero-order chi connectivity index (χ0) is 29.9. The summed E-state index contributed by atoms with van der Waals surface area (Å²) < 4.78 is 37.9. The standard InChI is InChI=1S/C27H42N4O8S/c1-6-38-25(34)22(29-40(36,37)21-11-8-7-9-12-21)19-28-23(32)13-10-14-24(33)30(5)20-15-17-31(18-16-20)26(35)39-27(2,3)4/h7-9,11-12,20,22,29H,6,10,13-19H2,1-5H3,(H,28,32)/t22-/m0/s1. The Labute approximate surface area is 236 Å². The van der Waals surface area contributed by atoms with E-state index in [2.05, 4.69) is 10.0 Å². The van der Waals surface area contributed by atoms with E-state index in [1.165, 1.54) is 12.1 Å². The highest BCUT2D eigenvalue weighted by Gasteiger charge is 2.30. The third kappa shape index (κ3) is 10.8. The molecular formula is C27H42N4O8S. The maximum atomic E-state index is 12.7. The van der Waals surface area contributed by atoms with Gasteiger partial charge in [-0.15, -0.1) is 0 Å². The number of hydrogen-bond donors (Lipinski definition) is 2. The van der Waals surface area contributed by atoms with Crippen LogP contribution >= 0.6 is 0 Å². The number of carbonyl (C=O) groups excluding carboxylic acids is 4. The van der Waals surface area contributed by atoms with E-state index >= 15 is 0 Å². The molecule has 1 saturated heterocycles. The van der Waals surface area contributed by atoms with E-state index in [0.29, 0.717) is 25.9 Å². The van der Waals surface area contributed by atoms with E-state index in [9.17, 15) is 27.6 Å². The van der Waals surface area contributed by atoms with Crippen LogP contribution in [0.3, 0.4) is 0 Å². The molecule has 13 heteroatoms. The second-order valence-corrected chi connectivity index (χ2v) is 12.3. The average molecular weight is 583 g/mol. The Balaban J connectivity index is 1.78. The summed E-state index contributed by atoms with van der Waals surface area (Å²) in [5, 5.41) is 2.55. The van der Waals surface area contributed by atoms with E-state index in [0.717, 1.165) is 0 Å². The van der Waals surface area contributed by atoms with Gasteiger partial charge in [-0.25, -0.2) is 13.2 Å². The van der Waals surface area contributed by atoms with Crippen molar-refractivity contribution in [2.24, 2.45) is 0 Å². The summed E-state index contributed by atoms with van der Waals surface area (Å²) in [7, 11) is -2.30. The first-order valence-corrected chi connectivity index (χ1v) is 15.0. The lowest BCUT2D eigenvalue weighted by Gasteiger charge is -2.37. The summed E-state index contributed by atoms with van der Waals surface area (Å²) in [5.74, 6) is -1.34. The Kier molecular flexibility index (Phi) is 12.4. The van der Waals surface area contributed by atoms with Gasteiger partial charge in [0.05, 0.1) is 11.5 Å². The van der Waals surface area contributed by atoms with Crippen molar-refractivity contribution in [3.05, 3.63) is 30.3 Å². The molecule has 12 nitrogen and oxygen atoms in total. The van der Waals surface area contributed by atoms with Gasteiger partial charge in [-0.1, -0.05) is 18.2 Å². The topological polar surface area (TPSA) is 151 Å². The van der Waals surface area contributed by atoms with Gasteiger partial charge < -0.3 is 24.6 Å². The Morgan fingerprint density at radius 3 is 2.27 bits per heavy atom. The van der Waals surface area contributed by atoms with Gasteiger partial charge in [0.15, 0.2) is 0 Å². The molecule has 1 aromatic rings. The molecule has 0 spiro atoms. The lowest BCUT2D eigenvalue weighted by atomic mass is 10.0. The molecule has 0 bridgehead atoms. The molecule has 224 valence electrons. The normalized spacial score (nSPS) is 15.2. The van der Waals surface area contributed by atoms with Crippen LogP contribution in [0.2, 0.25) is 0 Å². The van der Waals surface area contributed by atoms with Gasteiger partial charge in [-0.3, -0.25) is 14.4 Å². The molecule has 1 aromatic carbocycles. The van der Waals surface area contributed by atoms with Crippen molar-refractivity contribution in [2.75, 3.05) is 33.3 Å². The zero-order valence-electron chi connectivity index (χ0n) is 24.0. The van der Waals surface area contributed by atoms with Crippen molar-refractivity contribution in [3.63, 3.8) is 0 Å². The van der Waals surface area contributed by atoms with Crippen LogP contribution in [-0.2, 0) is 33.9 Å². The number of ether oxygens (including phenoxy) is 2. The van der Waals surface area contributed by atoms with Gasteiger partial charge in [0.1, 0.15) is 11.6 Å². The average Bonchev–Trinajstić information content (AvgIpc) is 2.90. The minimum Gasteiger partial charge on any atom is -0.465 e. The van der Waals surface area contributed by atoms with Crippen molar-refractivity contribution in [3.8, 4) is 0 Å². The van der Waals surface area contributed by atoms with Crippen LogP contribution in [0.15, 0.2) is 35.2 Å². The molecule has 0 aromatic heterocycles. The third-order valence-electron chi connectivity index (χ3n) is 6.28. The van der Waals surface area contributed by atoms with Crippen molar-refractivity contribution in [1.29, 1.82) is 0 Å². The second-order valence-electron chi connectivity index (χ2n) is 10.6. The summed E-state index contributed by atoms with van der Waals surface area (Å²) in [4.78, 5) is 53.0. The largest absolute Gasteiger partial charge is 0.465 e. The van der Waals surface area contributed by atoms with Crippen molar-refractivity contribution in [1.82, 2.24) is 19.8 Å². The summed E-state index contributed by atoms with van der Waals surface area (Å²) in [5.41, 5.74) is -0.566. The Morgan fingerprint density at radius 1 is 1.07 bits per heavy atom. The lowest BCUT2D eigenvalue weighted by Crippen LogP contribution is -2.49. The van der Waals surface area contributed by atoms with E-state index in [4.69, 9.17) is 9.47 Å². The molecule has 0 saturated carbocycles. The molecule has 1 aliphatic heterocycles. The summed E-state index contributed by atoms with van der Waals surface area (Å²) in [6, 6.07) is 6.24. The minimum atomic E-state index is -4.02. The molecule has 1 aliphatic rings. The summed E-state index contributed by atoms with van der Waals surface area (Å²) >= 11 is 0. The van der Waals surface area contributed by atoms with Crippen molar-refractivity contribution < 1.29 is 37.1 Å². The molecular weight excluding hydrogens is 540 g/mol. The number of likely N-dealkylation sites (tertiary alicyclic amines) is 1. The van der Waals surface area contributed by atoms with Gasteiger partial charge >= 0.3 is 12.1 Å². The molecule has 0 unspecified atom stereocenters. The number of nitrogens with one attached hydrogen (secondary N) is 2. The van der Waals surface area contributed by atoms with Gasteiger partial charge in [0, 0.05) is 45.6 Å².